The monoisotopic (exact) mass is 362 g/mol. The average Bonchev–Trinajstić information content (AvgIpc) is 2.50. The van der Waals surface area contributed by atoms with Gasteiger partial charge < -0.3 is 5.11 Å². The van der Waals surface area contributed by atoms with Gasteiger partial charge in [-0.3, -0.25) is 14.7 Å². The Labute approximate surface area is 138 Å². The molecule has 0 amide bonds. The van der Waals surface area contributed by atoms with Gasteiger partial charge >= 0.3 is 5.97 Å². The predicted octanol–water partition coefficient (Wildman–Crippen LogP) is 3.54. The molecule has 3 rings (SSSR count). The number of nitrogens with zero attached hydrogens (tertiary/aromatic N) is 2. The number of aromatic nitrogens is 1. The number of benzene rings is 1. The maximum Gasteiger partial charge on any atom is 0.307 e. The third kappa shape index (κ3) is 3.15. The van der Waals surface area contributed by atoms with E-state index in [9.17, 15) is 9.90 Å². The number of carboxylic acid groups (broad SMARTS) is 1. The fourth-order valence-electron chi connectivity index (χ4n) is 3.33. The highest BCUT2D eigenvalue weighted by Gasteiger charge is 2.29. The lowest BCUT2D eigenvalue weighted by atomic mass is 9.90. The molecular formula is C17H19BrN2O2. The second-order valence-corrected chi connectivity index (χ2v) is 7.03. The summed E-state index contributed by atoms with van der Waals surface area (Å²) < 4.78 is 1.04. The van der Waals surface area contributed by atoms with Crippen LogP contribution in [0.4, 0.5) is 0 Å². The van der Waals surface area contributed by atoms with E-state index in [1.54, 1.807) is 6.20 Å². The van der Waals surface area contributed by atoms with Gasteiger partial charge in [0.1, 0.15) is 0 Å². The number of fused-ring (bicyclic) bond motifs is 1. The standard InChI is InChI=1S/C17H19BrN2O2/c1-11-7-13(17(21)22)10-20(8-11)9-12-4-5-15(18)14-3-2-6-19-16(12)14/h2-6,11,13H,7-10H2,1H3,(H,21,22). The molecule has 4 nitrogen and oxygen atoms in total. The first-order valence-corrected chi connectivity index (χ1v) is 8.31. The number of piperidine rings is 1. The van der Waals surface area contributed by atoms with Crippen LogP contribution in [0.2, 0.25) is 0 Å². The van der Waals surface area contributed by atoms with Crippen molar-refractivity contribution < 1.29 is 9.90 Å². The number of likely N-dealkylation sites (tertiary alicyclic amines) is 1. The lowest BCUT2D eigenvalue weighted by Gasteiger charge is -2.34. The van der Waals surface area contributed by atoms with Crippen LogP contribution in [0.1, 0.15) is 18.9 Å². The number of carbonyl (C=O) groups is 1. The van der Waals surface area contributed by atoms with Crippen molar-refractivity contribution in [2.24, 2.45) is 11.8 Å². The number of pyridine rings is 1. The van der Waals surface area contributed by atoms with Crippen molar-refractivity contribution in [2.75, 3.05) is 13.1 Å². The molecule has 1 N–H and O–H groups in total. The number of carboxylic acids is 1. The molecule has 1 aromatic heterocycles. The molecule has 116 valence electrons. The molecule has 2 aromatic rings. The molecule has 1 saturated heterocycles. The number of hydrogen-bond acceptors (Lipinski definition) is 3. The Kier molecular flexibility index (Phi) is 4.45. The smallest absolute Gasteiger partial charge is 0.307 e. The van der Waals surface area contributed by atoms with Gasteiger partial charge in [-0.2, -0.15) is 0 Å². The van der Waals surface area contributed by atoms with Crippen molar-refractivity contribution in [3.8, 4) is 0 Å². The summed E-state index contributed by atoms with van der Waals surface area (Å²) in [5.41, 5.74) is 2.14. The van der Waals surface area contributed by atoms with Crippen LogP contribution in [0.3, 0.4) is 0 Å². The van der Waals surface area contributed by atoms with Gasteiger partial charge in [0.15, 0.2) is 0 Å². The summed E-state index contributed by atoms with van der Waals surface area (Å²) >= 11 is 3.56. The number of aliphatic carboxylic acids is 1. The minimum Gasteiger partial charge on any atom is -0.481 e. The van der Waals surface area contributed by atoms with Crippen LogP contribution >= 0.6 is 15.9 Å². The summed E-state index contributed by atoms with van der Waals surface area (Å²) in [5, 5.41) is 10.4. The average molecular weight is 363 g/mol. The Balaban J connectivity index is 1.87. The van der Waals surface area contributed by atoms with Crippen LogP contribution in [0, 0.1) is 11.8 Å². The molecule has 0 aliphatic carbocycles. The van der Waals surface area contributed by atoms with E-state index in [0.717, 1.165) is 40.4 Å². The van der Waals surface area contributed by atoms with Gasteiger partial charge in [-0.15, -0.1) is 0 Å². The second kappa shape index (κ2) is 6.34. The SMILES string of the molecule is CC1CC(C(=O)O)CN(Cc2ccc(Br)c3cccnc23)C1. The van der Waals surface area contributed by atoms with Gasteiger partial charge in [0.2, 0.25) is 0 Å². The van der Waals surface area contributed by atoms with E-state index in [2.05, 4.69) is 44.9 Å². The van der Waals surface area contributed by atoms with Crippen LogP contribution in [-0.2, 0) is 11.3 Å². The van der Waals surface area contributed by atoms with Crippen molar-refractivity contribution >= 4 is 32.8 Å². The molecule has 2 unspecified atom stereocenters. The van der Waals surface area contributed by atoms with E-state index in [4.69, 9.17) is 0 Å². The lowest BCUT2D eigenvalue weighted by molar-refractivity contribution is -0.144. The first kappa shape index (κ1) is 15.4. The van der Waals surface area contributed by atoms with Gasteiger partial charge in [0.25, 0.3) is 0 Å². The highest BCUT2D eigenvalue weighted by atomic mass is 79.9. The summed E-state index contributed by atoms with van der Waals surface area (Å²) in [6.45, 7) is 4.42. The predicted molar refractivity (Wildman–Crippen MR) is 89.6 cm³/mol. The topological polar surface area (TPSA) is 53.4 Å². The third-order valence-electron chi connectivity index (χ3n) is 4.28. The van der Waals surface area contributed by atoms with Gasteiger partial charge in [-0.05, 0) is 30.0 Å². The first-order chi connectivity index (χ1) is 10.5. The molecule has 2 heterocycles. The van der Waals surface area contributed by atoms with Crippen molar-refractivity contribution in [3.63, 3.8) is 0 Å². The molecule has 1 aliphatic heterocycles. The molecule has 22 heavy (non-hydrogen) atoms. The van der Waals surface area contributed by atoms with Crippen LogP contribution < -0.4 is 0 Å². The van der Waals surface area contributed by atoms with E-state index in [1.165, 1.54) is 0 Å². The molecule has 0 spiro atoms. The molecule has 2 atom stereocenters. The minimum atomic E-state index is -0.685. The maximum atomic E-state index is 11.3. The minimum absolute atomic E-state index is 0.265. The Morgan fingerprint density at radius 3 is 3.00 bits per heavy atom. The summed E-state index contributed by atoms with van der Waals surface area (Å²) in [7, 11) is 0. The highest BCUT2D eigenvalue weighted by molar-refractivity contribution is 9.10. The van der Waals surface area contributed by atoms with Gasteiger partial charge in [-0.25, -0.2) is 0 Å². The normalized spacial score (nSPS) is 22.8. The van der Waals surface area contributed by atoms with Crippen LogP contribution in [-0.4, -0.2) is 34.0 Å². The van der Waals surface area contributed by atoms with Crippen LogP contribution in [0.15, 0.2) is 34.9 Å². The first-order valence-electron chi connectivity index (χ1n) is 7.52. The Morgan fingerprint density at radius 2 is 2.23 bits per heavy atom. The Bertz CT molecular complexity index is 704. The molecular weight excluding hydrogens is 344 g/mol. The molecule has 0 radical (unpaired) electrons. The van der Waals surface area contributed by atoms with E-state index >= 15 is 0 Å². The zero-order valence-corrected chi connectivity index (χ0v) is 14.1. The number of rotatable bonds is 3. The van der Waals surface area contributed by atoms with Crippen molar-refractivity contribution in [1.29, 1.82) is 0 Å². The zero-order chi connectivity index (χ0) is 15.7. The van der Waals surface area contributed by atoms with Crippen molar-refractivity contribution in [2.45, 2.75) is 19.9 Å². The summed E-state index contributed by atoms with van der Waals surface area (Å²) in [4.78, 5) is 18.1. The van der Waals surface area contributed by atoms with E-state index in [-0.39, 0.29) is 5.92 Å². The molecule has 1 fully saturated rings. The quantitative estimate of drug-likeness (QED) is 0.906. The molecule has 0 saturated carbocycles. The Morgan fingerprint density at radius 1 is 1.41 bits per heavy atom. The number of halogens is 1. The van der Waals surface area contributed by atoms with Gasteiger partial charge in [0.05, 0.1) is 11.4 Å². The second-order valence-electron chi connectivity index (χ2n) is 6.18. The third-order valence-corrected chi connectivity index (χ3v) is 4.97. The van der Waals surface area contributed by atoms with E-state index in [1.807, 2.05) is 12.1 Å². The summed E-state index contributed by atoms with van der Waals surface area (Å²) in [5.74, 6) is -0.543. The van der Waals surface area contributed by atoms with E-state index in [0.29, 0.717) is 12.5 Å². The fourth-order valence-corrected chi connectivity index (χ4v) is 3.79. The van der Waals surface area contributed by atoms with Crippen molar-refractivity contribution in [3.05, 3.63) is 40.5 Å². The summed E-state index contributed by atoms with van der Waals surface area (Å²) in [6, 6.07) is 8.10. The number of hydrogen-bond donors (Lipinski definition) is 1. The molecule has 1 aromatic carbocycles. The maximum absolute atomic E-state index is 11.3. The molecule has 1 aliphatic rings. The Hall–Kier alpha value is -1.46. The van der Waals surface area contributed by atoms with Gasteiger partial charge in [0, 0.05) is 35.7 Å². The fraction of sp³-hybridized carbons (Fsp3) is 0.412. The highest BCUT2D eigenvalue weighted by Crippen LogP contribution is 2.28. The lowest BCUT2D eigenvalue weighted by Crippen LogP contribution is -2.42. The van der Waals surface area contributed by atoms with Gasteiger partial charge in [-0.1, -0.05) is 35.0 Å². The largest absolute Gasteiger partial charge is 0.481 e. The molecule has 0 bridgehead atoms. The summed E-state index contributed by atoms with van der Waals surface area (Å²) in [6.07, 6.45) is 2.57. The zero-order valence-electron chi connectivity index (χ0n) is 12.5. The van der Waals surface area contributed by atoms with Crippen LogP contribution in [0.5, 0.6) is 0 Å². The van der Waals surface area contributed by atoms with E-state index < -0.39 is 5.97 Å². The molecule has 5 heteroatoms. The van der Waals surface area contributed by atoms with Crippen molar-refractivity contribution in [1.82, 2.24) is 9.88 Å². The van der Waals surface area contributed by atoms with Crippen LogP contribution in [0.25, 0.3) is 10.9 Å².